The van der Waals surface area contributed by atoms with Crippen LogP contribution in [0.15, 0.2) is 67.3 Å². The van der Waals surface area contributed by atoms with Crippen LogP contribution in [0, 0.1) is 0 Å². The molecule has 0 saturated carbocycles. The number of hydrogen-bond acceptors (Lipinski definition) is 3. The Bertz CT molecular complexity index is 605. The van der Waals surface area contributed by atoms with E-state index in [4.69, 9.17) is 9.47 Å². The van der Waals surface area contributed by atoms with Crippen LogP contribution in [-0.4, -0.2) is 25.8 Å². The zero-order chi connectivity index (χ0) is 15.6. The molecule has 0 aliphatic heterocycles. The third-order valence-electron chi connectivity index (χ3n) is 3.26. The molecule has 0 unspecified atom stereocenters. The fraction of sp³-hybridized carbons (Fsp3) is 0.211. The summed E-state index contributed by atoms with van der Waals surface area (Å²) < 4.78 is 10.4. The van der Waals surface area contributed by atoms with Gasteiger partial charge in [-0.05, 0) is 23.1 Å². The zero-order valence-electron chi connectivity index (χ0n) is 12.5. The first kappa shape index (κ1) is 16.0. The molecule has 0 radical (unpaired) electrons. The lowest BCUT2D eigenvalue weighted by Gasteiger charge is -2.10. The molecule has 0 spiro atoms. The standard InChI is InChI=1S/C19H20O3/c1-2-19(20)22-15-14-21-13-12-17-10-6-7-11-18(17)16-8-4-3-5-9-16/h2-11H,1,12-15H2. The molecule has 3 nitrogen and oxygen atoms in total. The third kappa shape index (κ3) is 4.86. The van der Waals surface area contributed by atoms with Crippen LogP contribution in [0.2, 0.25) is 0 Å². The molecule has 114 valence electrons. The Labute approximate surface area is 131 Å². The molecule has 0 heterocycles. The number of hydrogen-bond donors (Lipinski definition) is 0. The number of ether oxygens (including phenoxy) is 2. The van der Waals surface area contributed by atoms with Crippen molar-refractivity contribution in [2.75, 3.05) is 19.8 Å². The Morgan fingerprint density at radius 1 is 0.955 bits per heavy atom. The number of esters is 1. The Hall–Kier alpha value is -2.39. The first-order valence-corrected chi connectivity index (χ1v) is 7.31. The quantitative estimate of drug-likeness (QED) is 0.424. The van der Waals surface area contributed by atoms with Gasteiger partial charge in [-0.15, -0.1) is 0 Å². The molecular weight excluding hydrogens is 276 g/mol. The summed E-state index contributed by atoms with van der Waals surface area (Å²) in [5.41, 5.74) is 3.68. The molecule has 0 aromatic heterocycles. The van der Waals surface area contributed by atoms with Gasteiger partial charge >= 0.3 is 5.97 Å². The van der Waals surface area contributed by atoms with Crippen molar-refractivity contribution in [2.24, 2.45) is 0 Å². The largest absolute Gasteiger partial charge is 0.460 e. The van der Waals surface area contributed by atoms with E-state index in [1.807, 2.05) is 30.3 Å². The van der Waals surface area contributed by atoms with E-state index in [0.29, 0.717) is 13.2 Å². The second kappa shape index (κ2) is 8.80. The number of benzene rings is 2. The van der Waals surface area contributed by atoms with Crippen molar-refractivity contribution >= 4 is 5.97 Å². The minimum atomic E-state index is -0.418. The van der Waals surface area contributed by atoms with E-state index in [1.54, 1.807) is 0 Å². The van der Waals surface area contributed by atoms with E-state index < -0.39 is 5.97 Å². The molecule has 0 amide bonds. The summed E-state index contributed by atoms with van der Waals surface area (Å²) in [5.74, 6) is -0.418. The number of carbonyl (C=O) groups excluding carboxylic acids is 1. The first-order chi connectivity index (χ1) is 10.8. The lowest BCUT2D eigenvalue weighted by molar-refractivity contribution is -0.139. The van der Waals surface area contributed by atoms with Crippen molar-refractivity contribution in [3.8, 4) is 11.1 Å². The molecule has 22 heavy (non-hydrogen) atoms. The van der Waals surface area contributed by atoms with E-state index in [2.05, 4.69) is 30.8 Å². The van der Waals surface area contributed by atoms with Gasteiger partial charge in [0.05, 0.1) is 13.2 Å². The van der Waals surface area contributed by atoms with Crippen molar-refractivity contribution in [3.63, 3.8) is 0 Å². The molecule has 2 aromatic rings. The Morgan fingerprint density at radius 3 is 2.45 bits per heavy atom. The van der Waals surface area contributed by atoms with Crippen molar-refractivity contribution in [1.29, 1.82) is 0 Å². The first-order valence-electron chi connectivity index (χ1n) is 7.31. The van der Waals surface area contributed by atoms with Gasteiger partial charge in [0.1, 0.15) is 6.61 Å². The van der Waals surface area contributed by atoms with Gasteiger partial charge < -0.3 is 9.47 Å². The van der Waals surface area contributed by atoms with Crippen molar-refractivity contribution in [2.45, 2.75) is 6.42 Å². The summed E-state index contributed by atoms with van der Waals surface area (Å²) >= 11 is 0. The zero-order valence-corrected chi connectivity index (χ0v) is 12.5. The molecule has 2 rings (SSSR count). The molecule has 3 heteroatoms. The summed E-state index contributed by atoms with van der Waals surface area (Å²) in [6.07, 6.45) is 1.97. The summed E-state index contributed by atoms with van der Waals surface area (Å²) in [6, 6.07) is 18.6. The van der Waals surface area contributed by atoms with Gasteiger partial charge in [-0.3, -0.25) is 0 Å². The average Bonchev–Trinajstić information content (AvgIpc) is 2.59. The van der Waals surface area contributed by atoms with E-state index in [-0.39, 0.29) is 6.61 Å². The van der Waals surface area contributed by atoms with Crippen molar-refractivity contribution in [3.05, 3.63) is 72.8 Å². The fourth-order valence-corrected chi connectivity index (χ4v) is 2.18. The summed E-state index contributed by atoms with van der Waals surface area (Å²) in [5, 5.41) is 0. The minimum absolute atomic E-state index is 0.255. The highest BCUT2D eigenvalue weighted by Gasteiger charge is 2.04. The van der Waals surface area contributed by atoms with E-state index in [1.165, 1.54) is 16.7 Å². The minimum Gasteiger partial charge on any atom is -0.460 e. The Kier molecular flexibility index (Phi) is 6.39. The van der Waals surface area contributed by atoms with E-state index in [9.17, 15) is 4.79 Å². The molecular formula is C19H20O3. The van der Waals surface area contributed by atoms with Crippen LogP contribution >= 0.6 is 0 Å². The lowest BCUT2D eigenvalue weighted by Crippen LogP contribution is -2.10. The molecule has 2 aromatic carbocycles. The highest BCUT2D eigenvalue weighted by atomic mass is 16.6. The summed E-state index contributed by atoms with van der Waals surface area (Å²) in [6.45, 7) is 4.58. The van der Waals surface area contributed by atoms with Gasteiger partial charge in [-0.25, -0.2) is 4.79 Å². The highest BCUT2D eigenvalue weighted by Crippen LogP contribution is 2.23. The topological polar surface area (TPSA) is 35.5 Å². The van der Waals surface area contributed by atoms with Gasteiger partial charge in [-0.2, -0.15) is 0 Å². The SMILES string of the molecule is C=CC(=O)OCCOCCc1ccccc1-c1ccccc1. The maximum absolute atomic E-state index is 10.9. The van der Waals surface area contributed by atoms with Gasteiger partial charge in [0.2, 0.25) is 0 Å². The van der Waals surface area contributed by atoms with Crippen LogP contribution in [-0.2, 0) is 20.7 Å². The predicted molar refractivity (Wildman–Crippen MR) is 87.6 cm³/mol. The monoisotopic (exact) mass is 296 g/mol. The maximum atomic E-state index is 10.9. The summed E-state index contributed by atoms with van der Waals surface area (Å²) in [7, 11) is 0. The van der Waals surface area contributed by atoms with Crippen LogP contribution in [0.25, 0.3) is 11.1 Å². The van der Waals surface area contributed by atoms with Gasteiger partial charge in [0, 0.05) is 6.08 Å². The Balaban J connectivity index is 1.84. The highest BCUT2D eigenvalue weighted by molar-refractivity contribution is 5.81. The van der Waals surface area contributed by atoms with Crippen LogP contribution < -0.4 is 0 Å². The van der Waals surface area contributed by atoms with Crippen LogP contribution in [0.1, 0.15) is 5.56 Å². The molecule has 0 saturated heterocycles. The smallest absolute Gasteiger partial charge is 0.330 e. The molecule has 0 N–H and O–H groups in total. The van der Waals surface area contributed by atoms with Gasteiger partial charge in [0.15, 0.2) is 0 Å². The van der Waals surface area contributed by atoms with Gasteiger partial charge in [-0.1, -0.05) is 61.2 Å². The predicted octanol–water partition coefficient (Wildman–Crippen LogP) is 3.64. The summed E-state index contributed by atoms with van der Waals surface area (Å²) in [4.78, 5) is 10.9. The second-order valence-corrected chi connectivity index (χ2v) is 4.76. The number of carbonyl (C=O) groups is 1. The number of rotatable bonds is 8. The molecule has 0 atom stereocenters. The molecule has 0 fully saturated rings. The average molecular weight is 296 g/mol. The van der Waals surface area contributed by atoms with E-state index >= 15 is 0 Å². The van der Waals surface area contributed by atoms with Crippen molar-refractivity contribution in [1.82, 2.24) is 0 Å². The maximum Gasteiger partial charge on any atom is 0.330 e. The Morgan fingerprint density at radius 2 is 1.68 bits per heavy atom. The fourth-order valence-electron chi connectivity index (χ4n) is 2.18. The molecule has 0 aliphatic carbocycles. The van der Waals surface area contributed by atoms with Crippen LogP contribution in [0.4, 0.5) is 0 Å². The second-order valence-electron chi connectivity index (χ2n) is 4.76. The lowest BCUT2D eigenvalue weighted by atomic mass is 9.98. The molecule has 0 bridgehead atoms. The van der Waals surface area contributed by atoms with Crippen LogP contribution in [0.3, 0.4) is 0 Å². The van der Waals surface area contributed by atoms with E-state index in [0.717, 1.165) is 12.5 Å². The van der Waals surface area contributed by atoms with Gasteiger partial charge in [0.25, 0.3) is 0 Å². The molecule has 0 aliphatic rings. The van der Waals surface area contributed by atoms with Crippen molar-refractivity contribution < 1.29 is 14.3 Å². The normalized spacial score (nSPS) is 10.2. The van der Waals surface area contributed by atoms with Crippen LogP contribution in [0.5, 0.6) is 0 Å². The third-order valence-corrected chi connectivity index (χ3v) is 3.26.